The lowest BCUT2D eigenvalue weighted by atomic mass is 9.85. The van der Waals surface area contributed by atoms with Crippen LogP contribution in [0.1, 0.15) is 83.6 Å². The largest absolute Gasteiger partial charge is 0.473 e. The van der Waals surface area contributed by atoms with Crippen molar-refractivity contribution in [2.75, 3.05) is 26.7 Å². The summed E-state index contributed by atoms with van der Waals surface area (Å²) >= 11 is 13.9. The Morgan fingerprint density at radius 3 is 2.41 bits per heavy atom. The number of piperidine rings is 1. The summed E-state index contributed by atoms with van der Waals surface area (Å²) in [5, 5.41) is 0.880. The number of fused-ring (bicyclic) bond motifs is 1. The standard InChI is InChI=1S/C36H43Cl2N3O5/c1-22-18-23(2)39-33(45-21-24-10-8-7-9-11-24)28(22)20-41-17-14-26-29(37)19-27(31(38)30(26)34(41)42)32(44-6)25-12-15-40(16-13-25)35(43)46-36(3,4)5/h7-11,18-19,25,32H,12-17,20-21H2,1-6H3. The highest BCUT2D eigenvalue weighted by molar-refractivity contribution is 6.37. The number of methoxy groups -OCH3 is 1. The topological polar surface area (TPSA) is 81.2 Å². The van der Waals surface area contributed by atoms with Crippen LogP contribution < -0.4 is 4.74 Å². The average Bonchev–Trinajstić information content (AvgIpc) is 3.01. The van der Waals surface area contributed by atoms with Crippen molar-refractivity contribution in [2.24, 2.45) is 5.92 Å². The van der Waals surface area contributed by atoms with E-state index in [-0.39, 0.29) is 24.0 Å². The third kappa shape index (κ3) is 7.62. The average molecular weight is 669 g/mol. The Balaban J connectivity index is 1.36. The summed E-state index contributed by atoms with van der Waals surface area (Å²) in [5.74, 6) is 0.421. The maximum absolute atomic E-state index is 14.2. The Labute approximate surface area is 281 Å². The summed E-state index contributed by atoms with van der Waals surface area (Å²) in [6.07, 6.45) is 1.28. The first-order chi connectivity index (χ1) is 21.9. The molecular weight excluding hydrogens is 625 g/mol. The lowest BCUT2D eigenvalue weighted by Gasteiger charge is -2.37. The second kappa shape index (κ2) is 14.2. The molecule has 10 heteroatoms. The number of nitrogens with zero attached hydrogens (tertiary/aromatic N) is 3. The van der Waals surface area contributed by atoms with E-state index in [9.17, 15) is 9.59 Å². The van der Waals surface area contributed by atoms with Gasteiger partial charge in [-0.3, -0.25) is 4.79 Å². The first-order valence-electron chi connectivity index (χ1n) is 15.8. The van der Waals surface area contributed by atoms with Crippen molar-refractivity contribution in [1.29, 1.82) is 0 Å². The number of halogens is 2. The van der Waals surface area contributed by atoms with Crippen LogP contribution in [0, 0.1) is 19.8 Å². The SMILES string of the molecule is COC(c1cc(Cl)c2c(c1Cl)C(=O)N(Cc1c(C)cc(C)nc1OCc1ccccc1)CC2)C1CCN(C(=O)OC(C)(C)C)CC1. The fraction of sp³-hybridized carbons (Fsp3) is 0.472. The number of carbonyl (C=O) groups is 2. The minimum Gasteiger partial charge on any atom is -0.473 e. The summed E-state index contributed by atoms with van der Waals surface area (Å²) < 4.78 is 17.8. The molecule has 0 N–H and O–H groups in total. The summed E-state index contributed by atoms with van der Waals surface area (Å²) in [4.78, 5) is 35.0. The number of carbonyl (C=O) groups excluding carboxylic acids is 2. The number of hydrogen-bond acceptors (Lipinski definition) is 6. The zero-order valence-corrected chi connectivity index (χ0v) is 29.0. The summed E-state index contributed by atoms with van der Waals surface area (Å²) in [6, 6.07) is 13.8. The minimum absolute atomic E-state index is 0.0794. The first kappa shape index (κ1) is 34.0. The lowest BCUT2D eigenvalue weighted by Crippen LogP contribution is -2.42. The van der Waals surface area contributed by atoms with Gasteiger partial charge in [-0.1, -0.05) is 53.5 Å². The van der Waals surface area contributed by atoms with Gasteiger partial charge in [0.25, 0.3) is 5.91 Å². The first-order valence-corrected chi connectivity index (χ1v) is 16.6. The third-order valence-corrected chi connectivity index (χ3v) is 9.41. The molecule has 2 aromatic carbocycles. The van der Waals surface area contributed by atoms with Crippen molar-refractivity contribution in [1.82, 2.24) is 14.8 Å². The fourth-order valence-electron chi connectivity index (χ4n) is 6.36. The van der Waals surface area contributed by atoms with Crippen molar-refractivity contribution >= 4 is 35.2 Å². The van der Waals surface area contributed by atoms with Gasteiger partial charge < -0.3 is 24.0 Å². The Hall–Kier alpha value is -3.33. The van der Waals surface area contributed by atoms with E-state index in [1.165, 1.54) is 0 Å². The molecule has 0 bridgehead atoms. The molecule has 0 radical (unpaired) electrons. The second-order valence-corrected chi connectivity index (χ2v) is 14.0. The van der Waals surface area contributed by atoms with E-state index in [1.807, 2.05) is 77.1 Å². The number of hydrogen-bond donors (Lipinski definition) is 0. The summed E-state index contributed by atoms with van der Waals surface area (Å²) in [7, 11) is 1.65. The highest BCUT2D eigenvalue weighted by Crippen LogP contribution is 2.43. The minimum atomic E-state index is -0.553. The maximum Gasteiger partial charge on any atom is 0.410 e. The van der Waals surface area contributed by atoms with Gasteiger partial charge in [-0.05, 0) is 88.6 Å². The molecule has 1 aromatic heterocycles. The van der Waals surface area contributed by atoms with Crippen molar-refractivity contribution in [3.8, 4) is 5.88 Å². The summed E-state index contributed by atoms with van der Waals surface area (Å²) in [5.41, 5.74) is 5.07. The molecule has 46 heavy (non-hydrogen) atoms. The van der Waals surface area contributed by atoms with Crippen LogP contribution in [0.5, 0.6) is 5.88 Å². The molecule has 2 aliphatic heterocycles. The molecule has 5 rings (SSSR count). The molecule has 3 aromatic rings. The van der Waals surface area contributed by atoms with Gasteiger partial charge in [-0.15, -0.1) is 0 Å². The molecule has 0 aliphatic carbocycles. The number of ether oxygens (including phenoxy) is 3. The number of benzene rings is 2. The van der Waals surface area contributed by atoms with Crippen molar-refractivity contribution in [3.63, 3.8) is 0 Å². The highest BCUT2D eigenvalue weighted by Gasteiger charge is 2.36. The van der Waals surface area contributed by atoms with E-state index in [2.05, 4.69) is 0 Å². The molecule has 0 saturated carbocycles. The van der Waals surface area contributed by atoms with E-state index in [4.69, 9.17) is 42.4 Å². The highest BCUT2D eigenvalue weighted by atomic mass is 35.5. The van der Waals surface area contributed by atoms with Gasteiger partial charge in [0.05, 0.1) is 23.2 Å². The monoisotopic (exact) mass is 667 g/mol. The molecule has 2 aliphatic rings. The Kier molecular flexibility index (Phi) is 10.5. The number of amides is 2. The van der Waals surface area contributed by atoms with Crippen molar-refractivity contribution in [2.45, 2.75) is 78.7 Å². The molecule has 246 valence electrons. The zero-order chi connectivity index (χ0) is 33.2. The van der Waals surface area contributed by atoms with Crippen molar-refractivity contribution < 1.29 is 23.8 Å². The molecule has 1 fully saturated rings. The van der Waals surface area contributed by atoms with Crippen LogP contribution in [0.2, 0.25) is 10.0 Å². The van der Waals surface area contributed by atoms with Gasteiger partial charge in [0.1, 0.15) is 12.2 Å². The molecule has 1 unspecified atom stereocenters. The Bertz CT molecular complexity index is 1580. The molecular formula is C36H43Cl2N3O5. The van der Waals surface area contributed by atoms with Crippen LogP contribution in [-0.2, 0) is 29.0 Å². The van der Waals surface area contributed by atoms with E-state index in [0.717, 1.165) is 27.9 Å². The van der Waals surface area contributed by atoms with Gasteiger partial charge in [0.2, 0.25) is 5.88 Å². The van der Waals surface area contributed by atoms with Crippen LogP contribution >= 0.6 is 23.2 Å². The fourth-order valence-corrected chi connectivity index (χ4v) is 7.02. The summed E-state index contributed by atoms with van der Waals surface area (Å²) in [6.45, 7) is 11.8. The number of rotatable bonds is 8. The number of aryl methyl sites for hydroxylation is 2. The van der Waals surface area contributed by atoms with Gasteiger partial charge >= 0.3 is 6.09 Å². The number of likely N-dealkylation sites (tertiary alicyclic amines) is 1. The van der Waals surface area contributed by atoms with Crippen LogP contribution in [0.15, 0.2) is 42.5 Å². The quantitative estimate of drug-likeness (QED) is 0.241. The van der Waals surface area contributed by atoms with E-state index in [1.54, 1.807) is 16.9 Å². The van der Waals surface area contributed by atoms with Gasteiger partial charge in [0, 0.05) is 48.6 Å². The molecule has 2 amide bonds. The van der Waals surface area contributed by atoms with Crippen LogP contribution in [0.4, 0.5) is 4.79 Å². The van der Waals surface area contributed by atoms with E-state index >= 15 is 0 Å². The van der Waals surface area contributed by atoms with Crippen LogP contribution in [0.3, 0.4) is 0 Å². The molecule has 8 nitrogen and oxygen atoms in total. The number of aromatic nitrogens is 1. The van der Waals surface area contributed by atoms with Gasteiger partial charge in [-0.2, -0.15) is 0 Å². The third-order valence-electron chi connectivity index (χ3n) is 8.66. The van der Waals surface area contributed by atoms with Gasteiger partial charge in [0.15, 0.2) is 0 Å². The predicted molar refractivity (Wildman–Crippen MR) is 180 cm³/mol. The smallest absolute Gasteiger partial charge is 0.410 e. The Morgan fingerprint density at radius 2 is 1.76 bits per heavy atom. The molecule has 0 spiro atoms. The molecule has 1 atom stereocenters. The zero-order valence-electron chi connectivity index (χ0n) is 27.5. The van der Waals surface area contributed by atoms with E-state index < -0.39 is 5.60 Å². The Morgan fingerprint density at radius 1 is 1.07 bits per heavy atom. The van der Waals surface area contributed by atoms with Gasteiger partial charge in [-0.25, -0.2) is 9.78 Å². The van der Waals surface area contributed by atoms with Crippen molar-refractivity contribution in [3.05, 3.63) is 91.6 Å². The normalized spacial score (nSPS) is 16.3. The van der Waals surface area contributed by atoms with E-state index in [0.29, 0.717) is 79.1 Å². The predicted octanol–water partition coefficient (Wildman–Crippen LogP) is 8.12. The second-order valence-electron chi connectivity index (χ2n) is 13.2. The molecule has 3 heterocycles. The maximum atomic E-state index is 14.2. The molecule has 1 saturated heterocycles. The van der Waals surface area contributed by atoms with Crippen LogP contribution in [-0.4, -0.2) is 59.1 Å². The lowest BCUT2D eigenvalue weighted by molar-refractivity contribution is -0.00235. The van der Waals surface area contributed by atoms with Crippen LogP contribution in [0.25, 0.3) is 0 Å². The number of pyridine rings is 1.